The molecule has 0 radical (unpaired) electrons. The lowest BCUT2D eigenvalue weighted by atomic mass is 10.0. The van der Waals surface area contributed by atoms with Crippen molar-refractivity contribution in [1.82, 2.24) is 10.2 Å². The minimum atomic E-state index is 0.144. The number of carbonyl (C=O) groups is 1. The van der Waals surface area contributed by atoms with Gasteiger partial charge in [0.05, 0.1) is 6.54 Å². The second-order valence-corrected chi connectivity index (χ2v) is 7.73. The van der Waals surface area contributed by atoms with Gasteiger partial charge in [-0.3, -0.25) is 9.69 Å². The number of amides is 1. The second-order valence-electron chi connectivity index (χ2n) is 7.73. The minimum Gasteiger partial charge on any atom is -0.508 e. The molecular weight excluding hydrogens is 326 g/mol. The summed E-state index contributed by atoms with van der Waals surface area (Å²) < 4.78 is 0. The van der Waals surface area contributed by atoms with E-state index in [0.717, 1.165) is 50.7 Å². The first kappa shape index (κ1) is 20.6. The van der Waals surface area contributed by atoms with Crippen LogP contribution in [0.1, 0.15) is 46.0 Å². The van der Waals surface area contributed by atoms with Gasteiger partial charge in [0, 0.05) is 38.4 Å². The van der Waals surface area contributed by atoms with Gasteiger partial charge in [0.25, 0.3) is 0 Å². The Kier molecular flexibility index (Phi) is 8.75. The average molecular weight is 362 g/mol. The Morgan fingerprint density at radius 1 is 1.04 bits per heavy atom. The summed E-state index contributed by atoms with van der Waals surface area (Å²) in [5.74, 6) is 1.23. The molecule has 0 saturated carbocycles. The molecule has 0 bridgehead atoms. The molecule has 0 aliphatic carbocycles. The Bertz CT molecular complexity index is 523. The Hall–Kier alpha value is -1.75. The van der Waals surface area contributed by atoms with Crippen LogP contribution in [0.3, 0.4) is 0 Å². The number of aromatic hydroxyl groups is 1. The van der Waals surface area contributed by atoms with E-state index in [1.54, 1.807) is 12.1 Å². The quantitative estimate of drug-likeness (QED) is 0.628. The molecule has 0 atom stereocenters. The molecule has 5 heteroatoms. The third-order valence-corrected chi connectivity index (χ3v) is 4.98. The molecule has 0 unspecified atom stereocenters. The van der Waals surface area contributed by atoms with Crippen LogP contribution in [0, 0.1) is 5.92 Å². The zero-order valence-corrected chi connectivity index (χ0v) is 16.4. The molecule has 1 aliphatic rings. The molecule has 1 saturated heterocycles. The number of phenolic OH excluding ortho intramolecular Hbond substituents is 1. The van der Waals surface area contributed by atoms with Crippen molar-refractivity contribution < 1.29 is 9.90 Å². The third-order valence-electron chi connectivity index (χ3n) is 4.98. The number of hydrogen-bond acceptors (Lipinski definition) is 4. The molecule has 26 heavy (non-hydrogen) atoms. The van der Waals surface area contributed by atoms with Crippen LogP contribution in [-0.2, 0) is 4.79 Å². The van der Waals surface area contributed by atoms with Gasteiger partial charge < -0.3 is 15.3 Å². The number of nitrogens with zero attached hydrogens (tertiary/aromatic N) is 2. The van der Waals surface area contributed by atoms with E-state index in [1.807, 2.05) is 12.1 Å². The zero-order chi connectivity index (χ0) is 18.8. The Morgan fingerprint density at radius 2 is 1.69 bits per heavy atom. The highest BCUT2D eigenvalue weighted by Gasteiger charge is 2.19. The van der Waals surface area contributed by atoms with Gasteiger partial charge >= 0.3 is 0 Å². The van der Waals surface area contributed by atoms with Gasteiger partial charge in [-0.25, -0.2) is 0 Å². The molecule has 0 aromatic heterocycles. The first-order valence-corrected chi connectivity index (χ1v) is 10.1. The van der Waals surface area contributed by atoms with Crippen LogP contribution in [-0.4, -0.2) is 55.2 Å². The first-order valence-electron chi connectivity index (χ1n) is 10.1. The molecular formula is C21H35N3O2. The second kappa shape index (κ2) is 11.1. The van der Waals surface area contributed by atoms with Crippen LogP contribution in [0.25, 0.3) is 0 Å². The average Bonchev–Trinajstić information content (AvgIpc) is 2.62. The normalized spacial score (nSPS) is 15.4. The summed E-state index contributed by atoms with van der Waals surface area (Å²) in [6.45, 7) is 9.44. The van der Waals surface area contributed by atoms with Crippen molar-refractivity contribution in [2.45, 2.75) is 46.0 Å². The standard InChI is InChI=1S/C21H35N3O2/c1-18(2)7-5-3-4-6-12-22-21(26)17-23-13-15-24(16-14-23)19-8-10-20(25)11-9-19/h8-11,18,25H,3-7,12-17H2,1-2H3,(H,22,26). The molecule has 1 fully saturated rings. The van der Waals surface area contributed by atoms with E-state index in [0.29, 0.717) is 12.3 Å². The van der Waals surface area contributed by atoms with Crippen LogP contribution < -0.4 is 10.2 Å². The number of carbonyl (C=O) groups excluding carboxylic acids is 1. The van der Waals surface area contributed by atoms with Crippen molar-refractivity contribution in [3.05, 3.63) is 24.3 Å². The van der Waals surface area contributed by atoms with E-state index in [1.165, 1.54) is 25.7 Å². The highest BCUT2D eigenvalue weighted by molar-refractivity contribution is 5.78. The van der Waals surface area contributed by atoms with Crippen molar-refractivity contribution >= 4 is 11.6 Å². The Balaban J connectivity index is 1.54. The molecule has 2 N–H and O–H groups in total. The molecule has 1 aromatic rings. The number of phenols is 1. The molecule has 146 valence electrons. The van der Waals surface area contributed by atoms with Crippen molar-refractivity contribution in [1.29, 1.82) is 0 Å². The largest absolute Gasteiger partial charge is 0.508 e. The molecule has 1 amide bonds. The molecule has 2 rings (SSSR count). The summed E-state index contributed by atoms with van der Waals surface area (Å²) in [4.78, 5) is 16.6. The maximum atomic E-state index is 12.1. The van der Waals surface area contributed by atoms with Crippen molar-refractivity contribution in [3.63, 3.8) is 0 Å². The summed E-state index contributed by atoms with van der Waals surface area (Å²) in [6, 6.07) is 7.33. The summed E-state index contributed by atoms with van der Waals surface area (Å²) in [5.41, 5.74) is 1.13. The highest BCUT2D eigenvalue weighted by atomic mass is 16.3. The smallest absolute Gasteiger partial charge is 0.234 e. The number of rotatable bonds is 10. The van der Waals surface area contributed by atoms with E-state index in [2.05, 4.69) is 29.0 Å². The van der Waals surface area contributed by atoms with Crippen LogP contribution in [0.15, 0.2) is 24.3 Å². The van der Waals surface area contributed by atoms with E-state index in [-0.39, 0.29) is 5.91 Å². The molecule has 5 nitrogen and oxygen atoms in total. The SMILES string of the molecule is CC(C)CCCCCCNC(=O)CN1CCN(c2ccc(O)cc2)CC1. The highest BCUT2D eigenvalue weighted by Crippen LogP contribution is 2.19. The van der Waals surface area contributed by atoms with Gasteiger partial charge in [0.1, 0.15) is 5.75 Å². The van der Waals surface area contributed by atoms with Gasteiger partial charge in [0.2, 0.25) is 5.91 Å². The number of benzene rings is 1. The van der Waals surface area contributed by atoms with E-state index < -0.39 is 0 Å². The summed E-state index contributed by atoms with van der Waals surface area (Å²) in [6.07, 6.45) is 6.17. The summed E-state index contributed by atoms with van der Waals surface area (Å²) >= 11 is 0. The van der Waals surface area contributed by atoms with Crippen LogP contribution in [0.5, 0.6) is 5.75 Å². The topological polar surface area (TPSA) is 55.8 Å². The van der Waals surface area contributed by atoms with E-state index in [9.17, 15) is 9.90 Å². The molecule has 1 aliphatic heterocycles. The number of piperazine rings is 1. The Morgan fingerprint density at radius 3 is 2.35 bits per heavy atom. The zero-order valence-electron chi connectivity index (χ0n) is 16.4. The lowest BCUT2D eigenvalue weighted by Crippen LogP contribution is -2.49. The number of unbranched alkanes of at least 4 members (excludes halogenated alkanes) is 3. The van der Waals surface area contributed by atoms with Crippen LogP contribution in [0.2, 0.25) is 0 Å². The number of anilines is 1. The minimum absolute atomic E-state index is 0.144. The van der Waals surface area contributed by atoms with Gasteiger partial charge in [-0.15, -0.1) is 0 Å². The molecule has 0 spiro atoms. The fraction of sp³-hybridized carbons (Fsp3) is 0.667. The lowest BCUT2D eigenvalue weighted by Gasteiger charge is -2.35. The van der Waals surface area contributed by atoms with Gasteiger partial charge in [-0.05, 0) is 36.6 Å². The summed E-state index contributed by atoms with van der Waals surface area (Å²) in [7, 11) is 0. The van der Waals surface area contributed by atoms with Crippen LogP contribution >= 0.6 is 0 Å². The van der Waals surface area contributed by atoms with Crippen LogP contribution in [0.4, 0.5) is 5.69 Å². The third kappa shape index (κ3) is 7.65. The van der Waals surface area contributed by atoms with Gasteiger partial charge in [-0.1, -0.05) is 39.5 Å². The Labute approximate surface area is 158 Å². The lowest BCUT2D eigenvalue weighted by molar-refractivity contribution is -0.122. The van der Waals surface area contributed by atoms with Gasteiger partial charge in [0.15, 0.2) is 0 Å². The maximum Gasteiger partial charge on any atom is 0.234 e. The maximum absolute atomic E-state index is 12.1. The monoisotopic (exact) mass is 361 g/mol. The van der Waals surface area contributed by atoms with Crippen molar-refractivity contribution in [3.8, 4) is 5.75 Å². The van der Waals surface area contributed by atoms with E-state index in [4.69, 9.17) is 0 Å². The predicted octanol–water partition coefficient (Wildman–Crippen LogP) is 3.24. The molecule has 1 aromatic carbocycles. The fourth-order valence-corrected chi connectivity index (χ4v) is 3.35. The van der Waals surface area contributed by atoms with Crippen molar-refractivity contribution in [2.24, 2.45) is 5.92 Å². The fourth-order valence-electron chi connectivity index (χ4n) is 3.35. The molecule has 1 heterocycles. The summed E-state index contributed by atoms with van der Waals surface area (Å²) in [5, 5.41) is 12.4. The number of nitrogens with one attached hydrogen (secondary N) is 1. The van der Waals surface area contributed by atoms with Gasteiger partial charge in [-0.2, -0.15) is 0 Å². The van der Waals surface area contributed by atoms with Crippen molar-refractivity contribution in [2.75, 3.05) is 44.2 Å². The predicted molar refractivity (Wildman–Crippen MR) is 108 cm³/mol. The number of hydrogen-bond donors (Lipinski definition) is 2. The first-order chi connectivity index (χ1) is 12.5. The van der Waals surface area contributed by atoms with E-state index >= 15 is 0 Å².